The van der Waals surface area contributed by atoms with Gasteiger partial charge < -0.3 is 15.2 Å². The van der Waals surface area contributed by atoms with E-state index in [4.69, 9.17) is 5.73 Å². The second-order valence-corrected chi connectivity index (χ2v) is 5.84. The summed E-state index contributed by atoms with van der Waals surface area (Å²) in [6.45, 7) is 2.27. The summed E-state index contributed by atoms with van der Waals surface area (Å²) in [4.78, 5) is 25.8. The minimum Gasteiger partial charge on any atom is -0.368 e. The van der Waals surface area contributed by atoms with Crippen LogP contribution in [0.15, 0.2) is 24.3 Å². The fourth-order valence-electron chi connectivity index (χ4n) is 2.86. The first-order chi connectivity index (χ1) is 11.5. The number of carbonyl (C=O) groups excluding carboxylic acids is 2. The summed E-state index contributed by atoms with van der Waals surface area (Å²) in [6.07, 6.45) is 0.676. The molecule has 1 aromatic heterocycles. The molecular weight excluding hydrogens is 313 g/mol. The Hall–Kier alpha value is -2.77. The van der Waals surface area contributed by atoms with Crippen LogP contribution in [0.25, 0.3) is 0 Å². The molecule has 0 fully saturated rings. The largest absolute Gasteiger partial charge is 0.368 e. The minimum atomic E-state index is -0.715. The molecule has 1 aromatic carbocycles. The average Bonchev–Trinajstić information content (AvgIpc) is 2.93. The van der Waals surface area contributed by atoms with Crippen molar-refractivity contribution in [1.82, 2.24) is 19.7 Å². The van der Waals surface area contributed by atoms with E-state index in [9.17, 15) is 14.0 Å². The third-order valence-corrected chi connectivity index (χ3v) is 4.25. The second-order valence-electron chi connectivity index (χ2n) is 5.84. The number of rotatable bonds is 4. The van der Waals surface area contributed by atoms with Crippen LogP contribution in [0.4, 0.5) is 4.39 Å². The lowest BCUT2D eigenvalue weighted by molar-refractivity contribution is -0.141. The van der Waals surface area contributed by atoms with Crippen molar-refractivity contribution >= 4 is 11.8 Å². The first-order valence-electron chi connectivity index (χ1n) is 7.67. The fraction of sp³-hybridized carbons (Fsp3) is 0.375. The number of benzene rings is 1. The Labute approximate surface area is 138 Å². The summed E-state index contributed by atoms with van der Waals surface area (Å²) in [6, 6.07) is 5.29. The molecular formula is C16H18FN5O2. The maximum atomic E-state index is 12.9. The third-order valence-electron chi connectivity index (χ3n) is 4.25. The van der Waals surface area contributed by atoms with Crippen LogP contribution in [-0.4, -0.2) is 37.5 Å². The van der Waals surface area contributed by atoms with Gasteiger partial charge in [-0.3, -0.25) is 9.59 Å². The summed E-state index contributed by atoms with van der Waals surface area (Å²) in [5, 5.41) is 8.01. The first kappa shape index (κ1) is 16.1. The van der Waals surface area contributed by atoms with Gasteiger partial charge in [0.25, 0.3) is 0 Å². The van der Waals surface area contributed by atoms with Gasteiger partial charge in [-0.1, -0.05) is 12.1 Å². The number of aromatic nitrogens is 3. The van der Waals surface area contributed by atoms with Crippen molar-refractivity contribution in [3.8, 4) is 0 Å². The minimum absolute atomic E-state index is 0.185. The summed E-state index contributed by atoms with van der Waals surface area (Å²) >= 11 is 0. The van der Waals surface area contributed by atoms with Crippen LogP contribution < -0.4 is 5.73 Å². The van der Waals surface area contributed by atoms with Crippen molar-refractivity contribution < 1.29 is 14.0 Å². The molecule has 0 aliphatic carbocycles. The van der Waals surface area contributed by atoms with E-state index in [2.05, 4.69) is 10.2 Å². The van der Waals surface area contributed by atoms with E-state index in [1.54, 1.807) is 23.6 Å². The molecule has 1 atom stereocenters. The highest BCUT2D eigenvalue weighted by atomic mass is 19.1. The van der Waals surface area contributed by atoms with Crippen molar-refractivity contribution in [2.24, 2.45) is 5.73 Å². The molecule has 0 radical (unpaired) electrons. The fourth-order valence-corrected chi connectivity index (χ4v) is 2.86. The molecule has 2 N–H and O–H groups in total. The maximum absolute atomic E-state index is 12.9. The Balaban J connectivity index is 1.72. The monoisotopic (exact) mass is 331 g/mol. The molecule has 1 aliphatic heterocycles. The predicted molar refractivity (Wildman–Crippen MR) is 83.0 cm³/mol. The summed E-state index contributed by atoms with van der Waals surface area (Å²) < 4.78 is 14.7. The molecule has 7 nitrogen and oxygen atoms in total. The lowest BCUT2D eigenvalue weighted by Gasteiger charge is -2.34. The molecule has 0 spiro atoms. The predicted octanol–water partition coefficient (Wildman–Crippen LogP) is 0.555. The average molecular weight is 331 g/mol. The lowest BCUT2D eigenvalue weighted by atomic mass is 10.1. The molecule has 3 rings (SSSR count). The zero-order valence-corrected chi connectivity index (χ0v) is 13.3. The molecule has 126 valence electrons. The van der Waals surface area contributed by atoms with Gasteiger partial charge in [0.05, 0.1) is 13.1 Å². The molecule has 0 saturated carbocycles. The van der Waals surface area contributed by atoms with Gasteiger partial charge in [0.2, 0.25) is 11.8 Å². The summed E-state index contributed by atoms with van der Waals surface area (Å²) in [5.74, 6) is 0.276. The Morgan fingerprint density at radius 3 is 2.67 bits per heavy atom. The highest BCUT2D eigenvalue weighted by Crippen LogP contribution is 2.19. The zero-order valence-electron chi connectivity index (χ0n) is 13.3. The van der Waals surface area contributed by atoms with E-state index in [1.165, 1.54) is 17.0 Å². The summed E-state index contributed by atoms with van der Waals surface area (Å²) in [5.41, 5.74) is 6.32. The normalized spacial score (nSPS) is 16.8. The number of aryl methyl sites for hydroxylation is 2. The van der Waals surface area contributed by atoms with E-state index >= 15 is 0 Å². The van der Waals surface area contributed by atoms with Crippen molar-refractivity contribution in [3.05, 3.63) is 47.3 Å². The third kappa shape index (κ3) is 3.12. The maximum Gasteiger partial charge on any atom is 0.242 e. The number of hydrogen-bond acceptors (Lipinski definition) is 4. The van der Waals surface area contributed by atoms with E-state index in [0.29, 0.717) is 18.1 Å². The van der Waals surface area contributed by atoms with Crippen LogP contribution in [0.5, 0.6) is 0 Å². The van der Waals surface area contributed by atoms with Crippen LogP contribution in [-0.2, 0) is 29.1 Å². The molecule has 1 aliphatic rings. The van der Waals surface area contributed by atoms with Gasteiger partial charge >= 0.3 is 0 Å². The standard InChI is InChI=1S/C16H18FN5O2/c1-10-19-20-14-9-22(13(16(18)24)8-21(10)14)15(23)7-4-11-2-5-12(17)6-3-11/h2-3,5-6,13H,4,7-9H2,1H3,(H2,18,24). The molecule has 24 heavy (non-hydrogen) atoms. The highest BCUT2D eigenvalue weighted by molar-refractivity contribution is 5.86. The van der Waals surface area contributed by atoms with E-state index in [-0.39, 0.29) is 31.2 Å². The Morgan fingerprint density at radius 2 is 2.00 bits per heavy atom. The number of nitrogens with two attached hydrogens (primary N) is 1. The number of carbonyl (C=O) groups is 2. The van der Waals surface area contributed by atoms with Crippen molar-refractivity contribution in [1.29, 1.82) is 0 Å². The topological polar surface area (TPSA) is 94.1 Å². The molecule has 2 amide bonds. The number of fused-ring (bicyclic) bond motifs is 1. The lowest BCUT2D eigenvalue weighted by Crippen LogP contribution is -2.53. The smallest absolute Gasteiger partial charge is 0.242 e. The number of amides is 2. The number of primary amides is 1. The van der Waals surface area contributed by atoms with Crippen molar-refractivity contribution in [2.45, 2.75) is 38.9 Å². The zero-order chi connectivity index (χ0) is 17.3. The van der Waals surface area contributed by atoms with Crippen LogP contribution in [0.3, 0.4) is 0 Å². The molecule has 0 saturated heterocycles. The van der Waals surface area contributed by atoms with E-state index in [0.717, 1.165) is 5.56 Å². The van der Waals surface area contributed by atoms with Crippen LogP contribution in [0.2, 0.25) is 0 Å². The van der Waals surface area contributed by atoms with Gasteiger partial charge in [0.1, 0.15) is 17.7 Å². The van der Waals surface area contributed by atoms with Gasteiger partial charge in [-0.05, 0) is 31.0 Å². The van der Waals surface area contributed by atoms with Gasteiger partial charge in [-0.25, -0.2) is 4.39 Å². The molecule has 0 bridgehead atoms. The molecule has 8 heteroatoms. The van der Waals surface area contributed by atoms with Crippen LogP contribution in [0.1, 0.15) is 23.6 Å². The Kier molecular flexibility index (Phi) is 4.28. The molecule has 2 aromatic rings. The van der Waals surface area contributed by atoms with Crippen molar-refractivity contribution in [2.75, 3.05) is 0 Å². The Bertz CT molecular complexity index is 771. The quantitative estimate of drug-likeness (QED) is 0.885. The number of nitrogens with zero attached hydrogens (tertiary/aromatic N) is 4. The number of hydrogen-bond donors (Lipinski definition) is 1. The summed E-state index contributed by atoms with van der Waals surface area (Å²) in [7, 11) is 0. The Morgan fingerprint density at radius 1 is 1.29 bits per heavy atom. The van der Waals surface area contributed by atoms with Crippen molar-refractivity contribution in [3.63, 3.8) is 0 Å². The van der Waals surface area contributed by atoms with Gasteiger partial charge in [0.15, 0.2) is 5.82 Å². The van der Waals surface area contributed by atoms with E-state index in [1.807, 2.05) is 0 Å². The van der Waals surface area contributed by atoms with Gasteiger partial charge in [-0.2, -0.15) is 0 Å². The molecule has 2 heterocycles. The van der Waals surface area contributed by atoms with Gasteiger partial charge in [-0.15, -0.1) is 10.2 Å². The van der Waals surface area contributed by atoms with Crippen LogP contribution >= 0.6 is 0 Å². The molecule has 1 unspecified atom stereocenters. The van der Waals surface area contributed by atoms with Crippen LogP contribution in [0, 0.1) is 12.7 Å². The second kappa shape index (κ2) is 6.38. The highest BCUT2D eigenvalue weighted by Gasteiger charge is 2.34. The first-order valence-corrected chi connectivity index (χ1v) is 7.67. The van der Waals surface area contributed by atoms with Gasteiger partial charge in [0, 0.05) is 6.42 Å². The van der Waals surface area contributed by atoms with E-state index < -0.39 is 11.9 Å². The SMILES string of the molecule is Cc1nnc2n1CC(C(N)=O)N(C(=O)CCc1ccc(F)cc1)C2. The number of halogens is 1.